The molecule has 1 aromatic heterocycles. The average Bonchev–Trinajstić information content (AvgIpc) is 3.06. The van der Waals surface area contributed by atoms with Crippen LogP contribution in [0.25, 0.3) is 0 Å². The first-order chi connectivity index (χ1) is 14.5. The highest BCUT2D eigenvalue weighted by Crippen LogP contribution is 2.37. The lowest BCUT2D eigenvalue weighted by atomic mass is 10.1. The number of rotatable bonds is 2. The number of carbonyl (C=O) groups excluding carboxylic acids is 2. The quantitative estimate of drug-likeness (QED) is 0.753. The zero-order chi connectivity index (χ0) is 20.8. The van der Waals surface area contributed by atoms with E-state index in [2.05, 4.69) is 27.9 Å². The van der Waals surface area contributed by atoms with Crippen LogP contribution in [0, 0.1) is 0 Å². The molecule has 2 aromatic rings. The van der Waals surface area contributed by atoms with Crippen molar-refractivity contribution in [3.8, 4) is 5.75 Å². The molecule has 8 nitrogen and oxygen atoms in total. The fraction of sp³-hybridized carbons (Fsp3) is 0.409. The topological polar surface area (TPSA) is 69.2 Å². The van der Waals surface area contributed by atoms with E-state index in [4.69, 9.17) is 4.74 Å². The molecule has 1 saturated heterocycles. The van der Waals surface area contributed by atoms with Crippen LogP contribution in [0.1, 0.15) is 26.3 Å². The first-order valence-corrected chi connectivity index (χ1v) is 10.3. The summed E-state index contributed by atoms with van der Waals surface area (Å²) < 4.78 is 5.85. The first kappa shape index (κ1) is 18.9. The second kappa shape index (κ2) is 7.28. The van der Waals surface area contributed by atoms with Gasteiger partial charge in [0.2, 0.25) is 0 Å². The van der Waals surface area contributed by atoms with Crippen molar-refractivity contribution in [1.29, 1.82) is 0 Å². The normalized spacial score (nSPS) is 18.9. The molecular formula is C22H25N5O3. The van der Waals surface area contributed by atoms with Crippen LogP contribution >= 0.6 is 0 Å². The molecule has 5 rings (SSSR count). The Morgan fingerprint density at radius 3 is 2.67 bits per heavy atom. The monoisotopic (exact) mass is 407 g/mol. The summed E-state index contributed by atoms with van der Waals surface area (Å²) in [5.74, 6) is 1.38. The van der Waals surface area contributed by atoms with E-state index >= 15 is 0 Å². The molecule has 3 aliphatic heterocycles. The number of anilines is 2. The van der Waals surface area contributed by atoms with Gasteiger partial charge in [0.25, 0.3) is 11.8 Å². The van der Waals surface area contributed by atoms with E-state index in [1.165, 1.54) is 0 Å². The molecule has 156 valence electrons. The summed E-state index contributed by atoms with van der Waals surface area (Å²) in [4.78, 5) is 37.6. The Bertz CT molecular complexity index is 1020. The minimum Gasteiger partial charge on any atom is -0.488 e. The smallest absolute Gasteiger partial charge is 0.255 e. The van der Waals surface area contributed by atoms with Crippen molar-refractivity contribution in [2.45, 2.75) is 6.54 Å². The van der Waals surface area contributed by atoms with Crippen molar-refractivity contribution in [2.75, 3.05) is 58.3 Å². The zero-order valence-corrected chi connectivity index (χ0v) is 17.3. The number of fused-ring (bicyclic) bond motifs is 2. The fourth-order valence-electron chi connectivity index (χ4n) is 4.28. The lowest BCUT2D eigenvalue weighted by Crippen LogP contribution is -2.47. The van der Waals surface area contributed by atoms with Gasteiger partial charge >= 0.3 is 0 Å². The van der Waals surface area contributed by atoms with Crippen LogP contribution in [0.4, 0.5) is 11.5 Å². The molecule has 0 bridgehead atoms. The number of carbonyl (C=O) groups is 2. The second-order valence-electron chi connectivity index (χ2n) is 8.14. The number of amides is 2. The SMILES string of the molecule is CN1CCN(C(=O)c2cnc3c(c2)OCCN3c2ccc3c(c2)CN(C)C3=O)CC1. The number of benzene rings is 1. The summed E-state index contributed by atoms with van der Waals surface area (Å²) in [7, 11) is 3.88. The second-order valence-corrected chi connectivity index (χ2v) is 8.14. The van der Waals surface area contributed by atoms with Gasteiger partial charge in [-0.2, -0.15) is 0 Å². The van der Waals surface area contributed by atoms with E-state index in [0.717, 1.165) is 43.0 Å². The van der Waals surface area contributed by atoms with E-state index in [-0.39, 0.29) is 11.8 Å². The number of pyridine rings is 1. The Morgan fingerprint density at radius 1 is 1.07 bits per heavy atom. The van der Waals surface area contributed by atoms with Gasteiger partial charge in [0, 0.05) is 57.2 Å². The van der Waals surface area contributed by atoms with Crippen molar-refractivity contribution in [3.05, 3.63) is 47.2 Å². The summed E-state index contributed by atoms with van der Waals surface area (Å²) >= 11 is 0. The predicted octanol–water partition coefficient (Wildman–Crippen LogP) is 1.59. The van der Waals surface area contributed by atoms with E-state index in [9.17, 15) is 9.59 Å². The molecule has 2 amide bonds. The largest absolute Gasteiger partial charge is 0.488 e. The molecule has 0 N–H and O–H groups in total. The van der Waals surface area contributed by atoms with E-state index in [0.29, 0.717) is 36.8 Å². The standard InChI is InChI=1S/C22H25N5O3/c1-24-5-7-26(8-6-24)21(28)15-12-19-20(23-13-15)27(9-10-30-19)17-3-4-18-16(11-17)14-25(2)22(18)29/h3-4,11-13H,5-10,14H2,1-2H3. The van der Waals surface area contributed by atoms with Gasteiger partial charge in [-0.15, -0.1) is 0 Å². The van der Waals surface area contributed by atoms with E-state index in [1.54, 1.807) is 17.2 Å². The first-order valence-electron chi connectivity index (χ1n) is 10.3. The molecule has 30 heavy (non-hydrogen) atoms. The Kier molecular flexibility index (Phi) is 4.58. The van der Waals surface area contributed by atoms with Crippen molar-refractivity contribution in [2.24, 2.45) is 0 Å². The Hall–Kier alpha value is -3.13. The third-order valence-corrected chi connectivity index (χ3v) is 6.08. The fourth-order valence-corrected chi connectivity index (χ4v) is 4.28. The zero-order valence-electron chi connectivity index (χ0n) is 17.3. The molecule has 8 heteroatoms. The number of piperazine rings is 1. The van der Waals surface area contributed by atoms with Gasteiger partial charge in [-0.1, -0.05) is 0 Å². The van der Waals surface area contributed by atoms with Gasteiger partial charge in [-0.3, -0.25) is 9.59 Å². The molecule has 1 aromatic carbocycles. The molecule has 4 heterocycles. The lowest BCUT2D eigenvalue weighted by Gasteiger charge is -2.33. The molecule has 3 aliphatic rings. The highest BCUT2D eigenvalue weighted by molar-refractivity contribution is 5.99. The van der Waals surface area contributed by atoms with Crippen LogP contribution in [0.15, 0.2) is 30.5 Å². The average molecular weight is 407 g/mol. The van der Waals surface area contributed by atoms with Gasteiger partial charge in [-0.25, -0.2) is 4.98 Å². The maximum absolute atomic E-state index is 12.9. The third kappa shape index (κ3) is 3.17. The van der Waals surface area contributed by atoms with Crippen molar-refractivity contribution in [1.82, 2.24) is 19.7 Å². The molecule has 0 atom stereocenters. The minimum atomic E-state index is -0.00166. The number of nitrogens with zero attached hydrogens (tertiary/aromatic N) is 5. The summed E-state index contributed by atoms with van der Waals surface area (Å²) in [6.45, 7) is 4.99. The van der Waals surface area contributed by atoms with E-state index in [1.807, 2.05) is 24.1 Å². The maximum Gasteiger partial charge on any atom is 0.255 e. The summed E-state index contributed by atoms with van der Waals surface area (Å²) in [6.07, 6.45) is 1.64. The van der Waals surface area contributed by atoms with Crippen LogP contribution in [0.2, 0.25) is 0 Å². The van der Waals surface area contributed by atoms with Crippen molar-refractivity contribution in [3.63, 3.8) is 0 Å². The van der Waals surface area contributed by atoms with Crippen LogP contribution in [-0.2, 0) is 6.54 Å². The molecule has 0 radical (unpaired) electrons. The summed E-state index contributed by atoms with van der Waals surface area (Å²) in [5.41, 5.74) is 3.32. The number of hydrogen-bond donors (Lipinski definition) is 0. The van der Waals surface area contributed by atoms with Crippen LogP contribution in [0.5, 0.6) is 5.75 Å². The van der Waals surface area contributed by atoms with Gasteiger partial charge in [0.15, 0.2) is 11.6 Å². The maximum atomic E-state index is 12.9. The Morgan fingerprint density at radius 2 is 1.87 bits per heavy atom. The van der Waals surface area contributed by atoms with Gasteiger partial charge < -0.3 is 24.3 Å². The molecular weight excluding hydrogens is 382 g/mol. The number of likely N-dealkylation sites (N-methyl/N-ethyl adjacent to an activating group) is 1. The molecule has 0 spiro atoms. The highest BCUT2D eigenvalue weighted by atomic mass is 16.5. The highest BCUT2D eigenvalue weighted by Gasteiger charge is 2.28. The van der Waals surface area contributed by atoms with Gasteiger partial charge in [0.05, 0.1) is 12.1 Å². The lowest BCUT2D eigenvalue weighted by molar-refractivity contribution is 0.0663. The number of aromatic nitrogens is 1. The van der Waals surface area contributed by atoms with Crippen LogP contribution in [-0.4, -0.2) is 84.9 Å². The summed E-state index contributed by atoms with van der Waals surface area (Å²) in [5, 5.41) is 0. The van der Waals surface area contributed by atoms with E-state index < -0.39 is 0 Å². The Labute approximate surface area is 175 Å². The number of hydrogen-bond acceptors (Lipinski definition) is 6. The van der Waals surface area contributed by atoms with Gasteiger partial charge in [-0.05, 0) is 36.9 Å². The summed E-state index contributed by atoms with van der Waals surface area (Å²) in [6, 6.07) is 7.70. The molecule has 0 aliphatic carbocycles. The van der Waals surface area contributed by atoms with Crippen LogP contribution in [0.3, 0.4) is 0 Å². The number of ether oxygens (including phenoxy) is 1. The molecule has 0 saturated carbocycles. The molecule has 0 unspecified atom stereocenters. The minimum absolute atomic E-state index is 0.00166. The van der Waals surface area contributed by atoms with Crippen molar-refractivity contribution >= 4 is 23.3 Å². The molecule has 1 fully saturated rings. The van der Waals surface area contributed by atoms with Crippen molar-refractivity contribution < 1.29 is 14.3 Å². The van der Waals surface area contributed by atoms with Crippen LogP contribution < -0.4 is 9.64 Å². The predicted molar refractivity (Wildman–Crippen MR) is 112 cm³/mol. The van der Waals surface area contributed by atoms with Gasteiger partial charge in [0.1, 0.15) is 6.61 Å². The third-order valence-electron chi connectivity index (χ3n) is 6.08. The Balaban J connectivity index is 1.41.